The number of benzene rings is 2. The summed E-state index contributed by atoms with van der Waals surface area (Å²) in [5, 5.41) is 21.1. The Hall–Kier alpha value is -2.49. The Morgan fingerprint density at radius 2 is 1.59 bits per heavy atom. The van der Waals surface area contributed by atoms with E-state index < -0.39 is 21.1 Å². The van der Waals surface area contributed by atoms with Crippen LogP contribution in [0.4, 0.5) is 11.4 Å². The van der Waals surface area contributed by atoms with E-state index in [1.807, 2.05) is 6.92 Å². The highest BCUT2D eigenvalue weighted by Crippen LogP contribution is 2.26. The maximum atomic E-state index is 13.2. The molecule has 9 heteroatoms. The van der Waals surface area contributed by atoms with E-state index in [0.29, 0.717) is 5.69 Å². The van der Waals surface area contributed by atoms with Crippen LogP contribution in [-0.4, -0.2) is 56.6 Å². The molecule has 27 heavy (non-hydrogen) atoms. The molecule has 0 radical (unpaired) electrons. The normalized spacial score (nSPS) is 12.8. The summed E-state index contributed by atoms with van der Waals surface area (Å²) in [6.45, 7) is 2.04. The number of aryl methyl sites for hydroxylation is 1. The number of sulfonamides is 1. The van der Waals surface area contributed by atoms with Crippen LogP contribution in [0.5, 0.6) is 0 Å². The minimum Gasteiger partial charge on any atom is -0.390 e. The van der Waals surface area contributed by atoms with Gasteiger partial charge in [0.25, 0.3) is 15.7 Å². The summed E-state index contributed by atoms with van der Waals surface area (Å²) < 4.78 is 27.4. The molecule has 0 aliphatic rings. The van der Waals surface area contributed by atoms with Crippen LogP contribution in [0.1, 0.15) is 5.56 Å². The van der Waals surface area contributed by atoms with Gasteiger partial charge in [0.2, 0.25) is 0 Å². The van der Waals surface area contributed by atoms with Gasteiger partial charge in [-0.25, -0.2) is 8.42 Å². The Kier molecular flexibility index (Phi) is 6.53. The van der Waals surface area contributed by atoms with Gasteiger partial charge in [0, 0.05) is 18.7 Å². The summed E-state index contributed by atoms with van der Waals surface area (Å²) in [5.74, 6) is 0. The van der Waals surface area contributed by atoms with Gasteiger partial charge in [0.1, 0.15) is 0 Å². The molecule has 0 saturated heterocycles. The minimum absolute atomic E-state index is 0.0780. The van der Waals surface area contributed by atoms with E-state index in [-0.39, 0.29) is 23.7 Å². The first-order valence-corrected chi connectivity index (χ1v) is 9.72. The highest BCUT2D eigenvalue weighted by Gasteiger charge is 2.28. The van der Waals surface area contributed by atoms with Gasteiger partial charge in [-0.05, 0) is 45.3 Å². The number of aliphatic hydroxyl groups excluding tert-OH is 1. The quantitative estimate of drug-likeness (QED) is 0.544. The van der Waals surface area contributed by atoms with Crippen molar-refractivity contribution in [2.45, 2.75) is 17.9 Å². The van der Waals surface area contributed by atoms with Crippen LogP contribution in [0.25, 0.3) is 0 Å². The third-order valence-corrected chi connectivity index (χ3v) is 5.72. The summed E-state index contributed by atoms with van der Waals surface area (Å²) in [6, 6.07) is 11.6. The summed E-state index contributed by atoms with van der Waals surface area (Å²) in [4.78, 5) is 11.9. The molecule has 0 aliphatic carbocycles. The van der Waals surface area contributed by atoms with Crippen LogP contribution in [0.15, 0.2) is 53.4 Å². The predicted molar refractivity (Wildman–Crippen MR) is 103 cm³/mol. The second kappa shape index (κ2) is 8.47. The molecule has 0 amide bonds. The number of hydrogen-bond donors (Lipinski definition) is 1. The lowest BCUT2D eigenvalue weighted by atomic mass is 10.2. The Labute approximate surface area is 158 Å². The van der Waals surface area contributed by atoms with Crippen LogP contribution in [0.2, 0.25) is 0 Å². The highest BCUT2D eigenvalue weighted by molar-refractivity contribution is 7.92. The smallest absolute Gasteiger partial charge is 0.269 e. The number of aliphatic hydroxyl groups is 1. The van der Waals surface area contributed by atoms with Crippen molar-refractivity contribution in [3.63, 3.8) is 0 Å². The van der Waals surface area contributed by atoms with E-state index in [1.165, 1.54) is 12.1 Å². The number of likely N-dealkylation sites (N-methyl/N-ethyl adjacent to an activating group) is 1. The molecule has 2 aromatic carbocycles. The van der Waals surface area contributed by atoms with E-state index in [1.54, 1.807) is 43.3 Å². The number of anilines is 1. The van der Waals surface area contributed by atoms with E-state index in [2.05, 4.69) is 0 Å². The molecule has 0 heterocycles. The topological polar surface area (TPSA) is 104 Å². The fourth-order valence-electron chi connectivity index (χ4n) is 2.59. The zero-order chi connectivity index (χ0) is 20.2. The molecule has 0 bridgehead atoms. The monoisotopic (exact) mass is 393 g/mol. The van der Waals surface area contributed by atoms with Gasteiger partial charge in [0.15, 0.2) is 0 Å². The molecule has 0 fully saturated rings. The molecular weight excluding hydrogens is 370 g/mol. The molecular formula is C18H23N3O5S. The van der Waals surface area contributed by atoms with E-state index in [4.69, 9.17) is 0 Å². The number of rotatable bonds is 8. The fraction of sp³-hybridized carbons (Fsp3) is 0.333. The van der Waals surface area contributed by atoms with E-state index in [0.717, 1.165) is 22.0 Å². The number of hydrogen-bond acceptors (Lipinski definition) is 6. The lowest BCUT2D eigenvalue weighted by Gasteiger charge is -2.28. The number of non-ortho nitro benzene ring substituents is 1. The molecule has 0 spiro atoms. The Balaban J connectivity index is 2.43. The molecule has 146 valence electrons. The molecule has 0 unspecified atom stereocenters. The minimum atomic E-state index is -4.01. The van der Waals surface area contributed by atoms with Crippen LogP contribution in [0.3, 0.4) is 0 Å². The van der Waals surface area contributed by atoms with Crippen LogP contribution in [0, 0.1) is 17.0 Å². The second-order valence-corrected chi connectivity index (χ2v) is 8.40. The number of nitrogens with zero attached hydrogens (tertiary/aromatic N) is 3. The predicted octanol–water partition coefficient (Wildman–Crippen LogP) is 2.02. The van der Waals surface area contributed by atoms with Crippen LogP contribution >= 0.6 is 0 Å². The molecule has 0 saturated carbocycles. The van der Waals surface area contributed by atoms with Crippen molar-refractivity contribution in [3.05, 3.63) is 64.2 Å². The van der Waals surface area contributed by atoms with Crippen molar-refractivity contribution < 1.29 is 18.4 Å². The second-order valence-electron chi connectivity index (χ2n) is 6.54. The van der Waals surface area contributed by atoms with Crippen molar-refractivity contribution >= 4 is 21.4 Å². The van der Waals surface area contributed by atoms with Gasteiger partial charge in [-0.15, -0.1) is 0 Å². The molecule has 2 aromatic rings. The summed E-state index contributed by atoms with van der Waals surface area (Å²) in [7, 11) is -0.444. The Bertz CT molecular complexity index is 880. The van der Waals surface area contributed by atoms with Crippen molar-refractivity contribution in [3.8, 4) is 0 Å². The maximum absolute atomic E-state index is 13.2. The van der Waals surface area contributed by atoms with Gasteiger partial charge >= 0.3 is 0 Å². The van der Waals surface area contributed by atoms with Gasteiger partial charge in [-0.2, -0.15) is 0 Å². The van der Waals surface area contributed by atoms with Crippen LogP contribution in [-0.2, 0) is 10.0 Å². The van der Waals surface area contributed by atoms with Gasteiger partial charge in [-0.3, -0.25) is 14.4 Å². The summed E-state index contributed by atoms with van der Waals surface area (Å²) in [5.41, 5.74) is 1.19. The molecule has 0 aromatic heterocycles. The van der Waals surface area contributed by atoms with Gasteiger partial charge in [-0.1, -0.05) is 17.7 Å². The third kappa shape index (κ3) is 5.25. The SMILES string of the molecule is Cc1ccc(N(C[C@@H](O)CN(C)C)S(=O)(=O)c2ccc([N+](=O)[O-])cc2)cc1. The lowest BCUT2D eigenvalue weighted by Crippen LogP contribution is -2.41. The highest BCUT2D eigenvalue weighted by atomic mass is 32.2. The Morgan fingerprint density at radius 3 is 2.07 bits per heavy atom. The number of nitro benzene ring substituents is 1. The zero-order valence-electron chi connectivity index (χ0n) is 15.4. The van der Waals surface area contributed by atoms with Gasteiger partial charge in [0.05, 0.1) is 28.2 Å². The standard InChI is InChI=1S/C18H23N3O5S/c1-14-4-6-15(7-5-14)20(13-17(22)12-19(2)3)27(25,26)18-10-8-16(9-11-18)21(23)24/h4-11,17,22H,12-13H2,1-3H3/t17-/m0/s1. The lowest BCUT2D eigenvalue weighted by molar-refractivity contribution is -0.384. The first kappa shape index (κ1) is 20.8. The van der Waals surface area contributed by atoms with Crippen molar-refractivity contribution in [1.82, 2.24) is 4.90 Å². The summed E-state index contributed by atoms with van der Waals surface area (Å²) >= 11 is 0. The first-order chi connectivity index (χ1) is 12.6. The third-order valence-electron chi connectivity index (χ3n) is 3.91. The molecule has 8 nitrogen and oxygen atoms in total. The fourth-order valence-corrected chi connectivity index (χ4v) is 4.09. The largest absolute Gasteiger partial charge is 0.390 e. The first-order valence-electron chi connectivity index (χ1n) is 8.28. The molecule has 1 N–H and O–H groups in total. The molecule has 1 atom stereocenters. The molecule has 0 aliphatic heterocycles. The van der Waals surface area contributed by atoms with Crippen molar-refractivity contribution in [2.24, 2.45) is 0 Å². The maximum Gasteiger partial charge on any atom is 0.269 e. The van der Waals surface area contributed by atoms with Crippen LogP contribution < -0.4 is 4.31 Å². The zero-order valence-corrected chi connectivity index (χ0v) is 16.3. The Morgan fingerprint density at radius 1 is 1.04 bits per heavy atom. The van der Waals surface area contributed by atoms with Crippen molar-refractivity contribution in [1.29, 1.82) is 0 Å². The molecule has 2 rings (SSSR count). The average Bonchev–Trinajstić information content (AvgIpc) is 2.60. The van der Waals surface area contributed by atoms with Crippen molar-refractivity contribution in [2.75, 3.05) is 31.5 Å². The van der Waals surface area contributed by atoms with E-state index in [9.17, 15) is 23.6 Å². The average molecular weight is 393 g/mol. The number of nitro groups is 1. The van der Waals surface area contributed by atoms with Gasteiger partial charge < -0.3 is 10.0 Å². The summed E-state index contributed by atoms with van der Waals surface area (Å²) in [6.07, 6.45) is -0.908. The van der Waals surface area contributed by atoms with E-state index >= 15 is 0 Å².